The summed E-state index contributed by atoms with van der Waals surface area (Å²) in [5.74, 6) is -1.30. The van der Waals surface area contributed by atoms with E-state index in [0.29, 0.717) is 13.0 Å². The molecule has 1 fully saturated rings. The molecule has 8 heteroatoms. The number of nitrogens with one attached hydrogen (secondary N) is 1. The van der Waals surface area contributed by atoms with Crippen molar-refractivity contribution in [1.82, 2.24) is 14.5 Å². The van der Waals surface area contributed by atoms with Crippen molar-refractivity contribution in [1.29, 1.82) is 0 Å². The lowest BCUT2D eigenvalue weighted by Gasteiger charge is -2.20. The van der Waals surface area contributed by atoms with Crippen LogP contribution in [0.5, 0.6) is 0 Å². The van der Waals surface area contributed by atoms with E-state index in [-0.39, 0.29) is 16.6 Å². The van der Waals surface area contributed by atoms with Gasteiger partial charge in [0.15, 0.2) is 5.03 Å². The highest BCUT2D eigenvalue weighted by molar-refractivity contribution is 7.89. The predicted molar refractivity (Wildman–Crippen MR) is 62.8 cm³/mol. The van der Waals surface area contributed by atoms with Gasteiger partial charge < -0.3 is 5.11 Å². The molecule has 1 aliphatic carbocycles. The van der Waals surface area contributed by atoms with Crippen molar-refractivity contribution in [2.45, 2.75) is 37.3 Å². The van der Waals surface area contributed by atoms with Crippen LogP contribution in [0.4, 0.5) is 0 Å². The predicted octanol–water partition coefficient (Wildman–Crippen LogP) is 0.671. The Balaban J connectivity index is 2.39. The molecule has 1 aliphatic rings. The van der Waals surface area contributed by atoms with Crippen LogP contribution in [-0.4, -0.2) is 46.6 Å². The quantitative estimate of drug-likeness (QED) is 0.793. The number of carbonyl (C=O) groups is 1. The molecule has 1 saturated carbocycles. The fourth-order valence-corrected chi connectivity index (χ4v) is 3.67. The van der Waals surface area contributed by atoms with Gasteiger partial charge in [-0.1, -0.05) is 6.92 Å². The number of hydrogen-bond donors (Lipinski definition) is 2. The van der Waals surface area contributed by atoms with Crippen LogP contribution < -0.4 is 0 Å². The minimum Gasteiger partial charge on any atom is -0.478 e. The van der Waals surface area contributed by atoms with E-state index in [4.69, 9.17) is 5.11 Å². The van der Waals surface area contributed by atoms with Gasteiger partial charge in [-0.15, -0.1) is 0 Å². The monoisotopic (exact) mass is 273 g/mol. The lowest BCUT2D eigenvalue weighted by Crippen LogP contribution is -2.34. The van der Waals surface area contributed by atoms with Crippen molar-refractivity contribution in [3.63, 3.8) is 0 Å². The summed E-state index contributed by atoms with van der Waals surface area (Å²) in [7, 11) is -3.80. The van der Waals surface area contributed by atoms with Crippen molar-refractivity contribution in [3.05, 3.63) is 11.8 Å². The maximum Gasteiger partial charge on any atom is 0.340 e. The SMILES string of the molecule is CCCN(C1CC1)S(=O)(=O)c1[nH]ncc1C(=O)O. The summed E-state index contributed by atoms with van der Waals surface area (Å²) < 4.78 is 26.1. The third kappa shape index (κ3) is 2.25. The Morgan fingerprint density at radius 3 is 2.78 bits per heavy atom. The summed E-state index contributed by atoms with van der Waals surface area (Å²) in [6.07, 6.45) is 3.37. The highest BCUT2D eigenvalue weighted by atomic mass is 32.2. The first-order valence-corrected chi connectivity index (χ1v) is 7.21. The molecule has 100 valence electrons. The molecular weight excluding hydrogens is 258 g/mol. The van der Waals surface area contributed by atoms with Crippen molar-refractivity contribution in [3.8, 4) is 0 Å². The molecule has 1 aromatic rings. The van der Waals surface area contributed by atoms with E-state index in [2.05, 4.69) is 10.2 Å². The van der Waals surface area contributed by atoms with Gasteiger partial charge in [0.25, 0.3) is 10.0 Å². The normalized spacial score (nSPS) is 16.1. The van der Waals surface area contributed by atoms with Gasteiger partial charge in [-0.25, -0.2) is 13.2 Å². The first-order valence-electron chi connectivity index (χ1n) is 5.77. The zero-order chi connectivity index (χ0) is 13.3. The van der Waals surface area contributed by atoms with Gasteiger partial charge in [-0.3, -0.25) is 5.10 Å². The summed E-state index contributed by atoms with van der Waals surface area (Å²) >= 11 is 0. The van der Waals surface area contributed by atoms with Gasteiger partial charge in [0.2, 0.25) is 0 Å². The third-order valence-electron chi connectivity index (χ3n) is 2.80. The molecule has 0 aliphatic heterocycles. The van der Waals surface area contributed by atoms with E-state index < -0.39 is 16.0 Å². The third-order valence-corrected chi connectivity index (χ3v) is 4.72. The number of aromatic carboxylic acids is 1. The fraction of sp³-hybridized carbons (Fsp3) is 0.600. The largest absolute Gasteiger partial charge is 0.478 e. The summed E-state index contributed by atoms with van der Waals surface area (Å²) in [4.78, 5) is 11.0. The van der Waals surface area contributed by atoms with Crippen molar-refractivity contribution >= 4 is 16.0 Å². The van der Waals surface area contributed by atoms with Crippen LogP contribution in [0.15, 0.2) is 11.2 Å². The lowest BCUT2D eigenvalue weighted by molar-refractivity contribution is 0.0692. The molecule has 1 heterocycles. The van der Waals surface area contributed by atoms with Crippen molar-refractivity contribution < 1.29 is 18.3 Å². The molecule has 7 nitrogen and oxygen atoms in total. The number of carboxylic acid groups (broad SMARTS) is 1. The number of H-pyrrole nitrogens is 1. The number of carboxylic acids is 1. The smallest absolute Gasteiger partial charge is 0.340 e. The number of nitrogens with zero attached hydrogens (tertiary/aromatic N) is 2. The molecule has 2 N–H and O–H groups in total. The standard InChI is InChI=1S/C10H15N3O4S/c1-2-5-13(7-3-4-7)18(16,17)9-8(10(14)15)6-11-12-9/h6-7H,2-5H2,1H3,(H,11,12)(H,14,15). The van der Waals surface area contributed by atoms with E-state index in [1.54, 1.807) is 0 Å². The molecule has 2 rings (SSSR count). The summed E-state index contributed by atoms with van der Waals surface area (Å²) in [5, 5.41) is 14.4. The summed E-state index contributed by atoms with van der Waals surface area (Å²) in [5.41, 5.74) is -0.309. The Morgan fingerprint density at radius 2 is 2.28 bits per heavy atom. The molecule has 0 unspecified atom stereocenters. The molecule has 0 amide bonds. The van der Waals surface area contributed by atoms with Crippen LogP contribution in [0.25, 0.3) is 0 Å². The molecular formula is C10H15N3O4S. The second kappa shape index (κ2) is 4.69. The summed E-state index contributed by atoms with van der Waals surface area (Å²) in [6.45, 7) is 2.28. The van der Waals surface area contributed by atoms with E-state index >= 15 is 0 Å². The van der Waals surface area contributed by atoms with Gasteiger partial charge in [-0.2, -0.15) is 9.40 Å². The average molecular weight is 273 g/mol. The van der Waals surface area contributed by atoms with E-state index in [1.807, 2.05) is 6.92 Å². The number of aromatic nitrogens is 2. The van der Waals surface area contributed by atoms with E-state index in [1.165, 1.54) is 4.31 Å². The van der Waals surface area contributed by atoms with Gasteiger partial charge in [0.05, 0.1) is 6.20 Å². The number of sulfonamides is 1. The van der Waals surface area contributed by atoms with Crippen LogP contribution in [0, 0.1) is 0 Å². The zero-order valence-corrected chi connectivity index (χ0v) is 10.8. The number of aromatic amines is 1. The van der Waals surface area contributed by atoms with Crippen molar-refractivity contribution in [2.24, 2.45) is 0 Å². The van der Waals surface area contributed by atoms with Crippen LogP contribution in [0.1, 0.15) is 36.5 Å². The Morgan fingerprint density at radius 1 is 1.61 bits per heavy atom. The summed E-state index contributed by atoms with van der Waals surface area (Å²) in [6, 6.07) is -0.0000973. The molecule has 0 bridgehead atoms. The minimum atomic E-state index is -3.80. The molecule has 0 aromatic carbocycles. The maximum atomic E-state index is 12.4. The second-order valence-electron chi connectivity index (χ2n) is 4.26. The molecule has 0 spiro atoms. The molecule has 1 aromatic heterocycles. The average Bonchev–Trinajstić information content (AvgIpc) is 2.99. The first-order chi connectivity index (χ1) is 8.48. The maximum absolute atomic E-state index is 12.4. The Kier molecular flexibility index (Phi) is 3.40. The highest BCUT2D eigenvalue weighted by Crippen LogP contribution is 2.32. The Labute approximate surface area is 105 Å². The number of rotatable bonds is 6. The lowest BCUT2D eigenvalue weighted by atomic mass is 10.4. The van der Waals surface area contributed by atoms with Gasteiger partial charge in [0.1, 0.15) is 5.56 Å². The molecule has 0 saturated heterocycles. The Hall–Kier alpha value is -1.41. The van der Waals surface area contributed by atoms with Crippen LogP contribution in [0.2, 0.25) is 0 Å². The molecule has 0 atom stereocenters. The first kappa shape index (κ1) is 13.0. The minimum absolute atomic E-state index is 0.0000973. The second-order valence-corrected chi connectivity index (χ2v) is 6.09. The fourth-order valence-electron chi connectivity index (χ4n) is 1.82. The van der Waals surface area contributed by atoms with Crippen LogP contribution >= 0.6 is 0 Å². The van der Waals surface area contributed by atoms with Gasteiger partial charge in [0, 0.05) is 12.6 Å². The van der Waals surface area contributed by atoms with E-state index in [0.717, 1.165) is 19.0 Å². The van der Waals surface area contributed by atoms with E-state index in [9.17, 15) is 13.2 Å². The van der Waals surface area contributed by atoms with Gasteiger partial charge >= 0.3 is 5.97 Å². The van der Waals surface area contributed by atoms with Gasteiger partial charge in [-0.05, 0) is 19.3 Å². The number of hydrogen-bond acceptors (Lipinski definition) is 4. The Bertz CT molecular complexity index is 547. The topological polar surface area (TPSA) is 103 Å². The molecule has 18 heavy (non-hydrogen) atoms. The molecule has 0 radical (unpaired) electrons. The van der Waals surface area contributed by atoms with Crippen molar-refractivity contribution in [2.75, 3.05) is 6.54 Å². The zero-order valence-electron chi connectivity index (χ0n) is 9.96. The highest BCUT2D eigenvalue weighted by Gasteiger charge is 2.40. The van der Waals surface area contributed by atoms with Crippen LogP contribution in [0.3, 0.4) is 0 Å². The van der Waals surface area contributed by atoms with Crippen LogP contribution in [-0.2, 0) is 10.0 Å².